The van der Waals surface area contributed by atoms with Gasteiger partial charge in [-0.2, -0.15) is 0 Å². The Bertz CT molecular complexity index is 1030. The molecule has 2 aromatic carbocycles. The van der Waals surface area contributed by atoms with E-state index in [1.165, 1.54) is 0 Å². The Morgan fingerprint density at radius 1 is 0.938 bits per heavy atom. The minimum Gasteiger partial charge on any atom is -0.467 e. The van der Waals surface area contributed by atoms with Crippen molar-refractivity contribution in [1.82, 2.24) is 9.80 Å². The first-order valence-corrected chi connectivity index (χ1v) is 11.5. The molecular weight excluding hydrogens is 468 g/mol. The molecule has 0 atom stereocenters. The molecule has 0 fully saturated rings. The molecular formula is C26H29BrN2O3. The van der Waals surface area contributed by atoms with Crippen molar-refractivity contribution in [2.24, 2.45) is 0 Å². The molecule has 0 saturated carbocycles. The first-order valence-electron chi connectivity index (χ1n) is 10.7. The van der Waals surface area contributed by atoms with E-state index in [1.54, 1.807) is 22.1 Å². The second-order valence-electron chi connectivity index (χ2n) is 8.67. The Kier molecular flexibility index (Phi) is 7.91. The van der Waals surface area contributed by atoms with Gasteiger partial charge in [-0.3, -0.25) is 9.59 Å². The standard InChI is InChI=1S/C26H29BrN2O3/c1-26(2,3)29(25(31)22-13-7-8-14-23(22)27)19-24(30)28(18-21-12-9-17-32-21)16-15-20-10-5-4-6-11-20/h4-14,17H,15-16,18-19H2,1-3H3. The topological polar surface area (TPSA) is 53.8 Å². The van der Waals surface area contributed by atoms with Crippen molar-refractivity contribution < 1.29 is 14.0 Å². The highest BCUT2D eigenvalue weighted by atomic mass is 79.9. The first kappa shape index (κ1) is 23.8. The molecule has 0 bridgehead atoms. The fourth-order valence-electron chi connectivity index (χ4n) is 3.42. The van der Waals surface area contributed by atoms with Gasteiger partial charge in [0.05, 0.1) is 18.4 Å². The van der Waals surface area contributed by atoms with E-state index >= 15 is 0 Å². The maximum atomic E-state index is 13.4. The molecule has 1 heterocycles. The summed E-state index contributed by atoms with van der Waals surface area (Å²) in [4.78, 5) is 30.2. The maximum absolute atomic E-state index is 13.4. The van der Waals surface area contributed by atoms with Crippen LogP contribution in [0.3, 0.4) is 0 Å². The van der Waals surface area contributed by atoms with E-state index in [4.69, 9.17) is 4.42 Å². The van der Waals surface area contributed by atoms with Crippen LogP contribution in [0.1, 0.15) is 42.5 Å². The summed E-state index contributed by atoms with van der Waals surface area (Å²) in [5.74, 6) is 0.415. The second-order valence-corrected chi connectivity index (χ2v) is 9.53. The predicted molar refractivity (Wildman–Crippen MR) is 129 cm³/mol. The summed E-state index contributed by atoms with van der Waals surface area (Å²) in [6.45, 7) is 6.70. The number of amides is 2. The zero-order valence-electron chi connectivity index (χ0n) is 18.8. The summed E-state index contributed by atoms with van der Waals surface area (Å²) in [5, 5.41) is 0. The van der Waals surface area contributed by atoms with Gasteiger partial charge in [-0.15, -0.1) is 0 Å². The molecule has 6 heteroatoms. The van der Waals surface area contributed by atoms with Crippen molar-refractivity contribution in [1.29, 1.82) is 0 Å². The van der Waals surface area contributed by atoms with E-state index in [9.17, 15) is 9.59 Å². The number of halogens is 1. The molecule has 0 saturated heterocycles. The fraction of sp³-hybridized carbons (Fsp3) is 0.308. The molecule has 5 nitrogen and oxygen atoms in total. The summed E-state index contributed by atoms with van der Waals surface area (Å²) in [6, 6.07) is 21.0. The quantitative estimate of drug-likeness (QED) is 0.410. The van der Waals surface area contributed by atoms with E-state index in [0.717, 1.165) is 12.0 Å². The smallest absolute Gasteiger partial charge is 0.255 e. The van der Waals surface area contributed by atoms with Crippen molar-refractivity contribution in [2.45, 2.75) is 39.3 Å². The molecule has 0 aliphatic rings. The average molecular weight is 497 g/mol. The molecule has 0 aliphatic heterocycles. The maximum Gasteiger partial charge on any atom is 0.255 e. The Balaban J connectivity index is 1.80. The van der Waals surface area contributed by atoms with Gasteiger partial charge in [-0.05, 0) is 73.0 Å². The number of nitrogens with zero attached hydrogens (tertiary/aromatic N) is 2. The van der Waals surface area contributed by atoms with Crippen LogP contribution < -0.4 is 0 Å². The number of carbonyl (C=O) groups is 2. The van der Waals surface area contributed by atoms with Gasteiger partial charge in [0.2, 0.25) is 5.91 Å². The molecule has 0 radical (unpaired) electrons. The molecule has 3 aromatic rings. The normalized spacial score (nSPS) is 11.2. The Labute approximate surface area is 198 Å². The van der Waals surface area contributed by atoms with Crippen molar-refractivity contribution in [2.75, 3.05) is 13.1 Å². The van der Waals surface area contributed by atoms with Gasteiger partial charge >= 0.3 is 0 Å². The van der Waals surface area contributed by atoms with Gasteiger partial charge in [0.25, 0.3) is 5.91 Å². The molecule has 0 N–H and O–H groups in total. The number of carbonyl (C=O) groups excluding carboxylic acids is 2. The van der Waals surface area contributed by atoms with Gasteiger partial charge in [-0.25, -0.2) is 0 Å². The minimum atomic E-state index is -0.530. The van der Waals surface area contributed by atoms with Crippen LogP contribution in [-0.4, -0.2) is 40.2 Å². The number of hydrogen-bond donors (Lipinski definition) is 0. The SMILES string of the molecule is CC(C)(C)N(CC(=O)N(CCc1ccccc1)Cc1ccco1)C(=O)c1ccccc1Br. The van der Waals surface area contributed by atoms with E-state index in [-0.39, 0.29) is 18.4 Å². The monoisotopic (exact) mass is 496 g/mol. The van der Waals surface area contributed by atoms with E-state index in [2.05, 4.69) is 15.9 Å². The van der Waals surface area contributed by atoms with Crippen molar-refractivity contribution in [3.63, 3.8) is 0 Å². The average Bonchev–Trinajstić information content (AvgIpc) is 3.28. The Morgan fingerprint density at radius 2 is 1.62 bits per heavy atom. The molecule has 0 aliphatic carbocycles. The zero-order chi connectivity index (χ0) is 23.1. The third-order valence-corrected chi connectivity index (χ3v) is 5.94. The summed E-state index contributed by atoms with van der Waals surface area (Å²) < 4.78 is 6.20. The van der Waals surface area contributed by atoms with E-state index in [0.29, 0.717) is 28.9 Å². The Morgan fingerprint density at radius 3 is 2.25 bits per heavy atom. The van der Waals surface area contributed by atoms with Gasteiger partial charge in [0.15, 0.2) is 0 Å². The van der Waals surface area contributed by atoms with Crippen LogP contribution in [0.25, 0.3) is 0 Å². The lowest BCUT2D eigenvalue weighted by atomic mass is 10.0. The van der Waals surface area contributed by atoms with Gasteiger partial charge in [0, 0.05) is 16.6 Å². The molecule has 1 aromatic heterocycles. The van der Waals surface area contributed by atoms with Crippen LogP contribution >= 0.6 is 15.9 Å². The van der Waals surface area contributed by atoms with E-state index in [1.807, 2.05) is 81.4 Å². The third kappa shape index (κ3) is 6.33. The highest BCUT2D eigenvalue weighted by Gasteiger charge is 2.31. The van der Waals surface area contributed by atoms with Crippen LogP contribution in [0, 0.1) is 0 Å². The summed E-state index contributed by atoms with van der Waals surface area (Å²) in [7, 11) is 0. The highest BCUT2D eigenvalue weighted by molar-refractivity contribution is 9.10. The van der Waals surface area contributed by atoms with Crippen molar-refractivity contribution >= 4 is 27.7 Å². The molecule has 3 rings (SSSR count). The zero-order valence-corrected chi connectivity index (χ0v) is 20.3. The number of hydrogen-bond acceptors (Lipinski definition) is 3. The summed E-state index contributed by atoms with van der Waals surface area (Å²) >= 11 is 3.46. The van der Waals surface area contributed by atoms with Crippen LogP contribution in [0.2, 0.25) is 0 Å². The second kappa shape index (κ2) is 10.6. The van der Waals surface area contributed by atoms with Crippen molar-refractivity contribution in [3.8, 4) is 0 Å². The lowest BCUT2D eigenvalue weighted by Gasteiger charge is -2.37. The largest absolute Gasteiger partial charge is 0.467 e. The molecule has 2 amide bonds. The summed E-state index contributed by atoms with van der Waals surface area (Å²) in [5.41, 5.74) is 1.16. The van der Waals surface area contributed by atoms with Crippen molar-refractivity contribution in [3.05, 3.63) is 94.4 Å². The first-order chi connectivity index (χ1) is 15.3. The number of rotatable bonds is 8. The lowest BCUT2D eigenvalue weighted by molar-refractivity contribution is -0.133. The fourth-order valence-corrected chi connectivity index (χ4v) is 3.87. The third-order valence-electron chi connectivity index (χ3n) is 5.25. The number of benzene rings is 2. The molecule has 0 unspecified atom stereocenters. The Hall–Kier alpha value is -2.86. The van der Waals surface area contributed by atoms with E-state index < -0.39 is 5.54 Å². The molecule has 32 heavy (non-hydrogen) atoms. The van der Waals surface area contributed by atoms with Crippen LogP contribution in [0.15, 0.2) is 81.9 Å². The number of furan rings is 1. The minimum absolute atomic E-state index is 0.0147. The van der Waals surface area contributed by atoms with Gasteiger partial charge in [0.1, 0.15) is 12.3 Å². The summed E-state index contributed by atoms with van der Waals surface area (Å²) in [6.07, 6.45) is 2.33. The van der Waals surface area contributed by atoms with Gasteiger partial charge < -0.3 is 14.2 Å². The van der Waals surface area contributed by atoms with Crippen LogP contribution in [0.5, 0.6) is 0 Å². The van der Waals surface area contributed by atoms with Crippen LogP contribution in [-0.2, 0) is 17.8 Å². The predicted octanol–water partition coefficient (Wildman–Crippen LogP) is 5.55. The van der Waals surface area contributed by atoms with Gasteiger partial charge in [-0.1, -0.05) is 42.5 Å². The lowest BCUT2D eigenvalue weighted by Crippen LogP contribution is -2.51. The molecule has 0 spiro atoms. The highest BCUT2D eigenvalue weighted by Crippen LogP contribution is 2.23. The van der Waals surface area contributed by atoms with Crippen LogP contribution in [0.4, 0.5) is 0 Å². The molecule has 168 valence electrons.